The molecule has 1 heterocycles. The third-order valence-electron chi connectivity index (χ3n) is 3.75. The van der Waals surface area contributed by atoms with Crippen LogP contribution in [-0.2, 0) is 19.0 Å². The summed E-state index contributed by atoms with van der Waals surface area (Å²) in [6.45, 7) is 9.87. The van der Waals surface area contributed by atoms with Gasteiger partial charge in [-0.05, 0) is 26.7 Å². The fourth-order valence-corrected chi connectivity index (χ4v) is 2.76. The van der Waals surface area contributed by atoms with Gasteiger partial charge in [0.05, 0.1) is 12.7 Å². The quantitative estimate of drug-likeness (QED) is 0.549. The Bertz CT molecular complexity index is 311. The largest absolute Gasteiger partial charge is 0.467 e. The molecule has 0 amide bonds. The summed E-state index contributed by atoms with van der Waals surface area (Å²) in [6.07, 6.45) is 0.657. The van der Waals surface area contributed by atoms with Crippen LogP contribution in [0.2, 0.25) is 0 Å². The topological polar surface area (TPSA) is 48.1 Å². The Kier molecular flexibility index (Phi) is 3.61. The van der Waals surface area contributed by atoms with Gasteiger partial charge in [0.1, 0.15) is 5.60 Å². The molecule has 0 radical (unpaired) electrons. The first-order valence-corrected chi connectivity index (χ1v) is 5.99. The minimum Gasteiger partial charge on any atom is -0.467 e. The molecule has 1 saturated heterocycles. The summed E-state index contributed by atoms with van der Waals surface area (Å²) in [5.74, 6) is -0.213. The number of hydrogen-bond donors (Lipinski definition) is 0. The number of hydrogen-bond acceptors (Lipinski definition) is 4. The maximum absolute atomic E-state index is 11.9. The maximum Gasteiger partial charge on any atom is 0.341 e. The highest BCUT2D eigenvalue weighted by molar-refractivity contribution is 5.85. The number of carbonyl (C=O) groups is 1. The molecule has 4 nitrogen and oxygen atoms in total. The number of ether oxygens (including phenoxy) is 3. The van der Waals surface area contributed by atoms with Gasteiger partial charge in [0.25, 0.3) is 0 Å². The van der Waals surface area contributed by atoms with Crippen LogP contribution in [0.25, 0.3) is 0 Å². The van der Waals surface area contributed by atoms with Crippen molar-refractivity contribution in [2.45, 2.75) is 57.8 Å². The zero-order chi connectivity index (χ0) is 13.5. The second kappa shape index (κ2) is 4.25. The van der Waals surface area contributed by atoms with Gasteiger partial charge in [0.2, 0.25) is 0 Å². The van der Waals surface area contributed by atoms with E-state index in [0.29, 0.717) is 6.42 Å². The molecule has 0 aromatic heterocycles. The van der Waals surface area contributed by atoms with Gasteiger partial charge >= 0.3 is 5.97 Å². The normalized spacial score (nSPS) is 32.7. The minimum absolute atomic E-state index is 0.0765. The van der Waals surface area contributed by atoms with E-state index in [1.54, 1.807) is 7.11 Å². The predicted octanol–water partition coefficient (Wildman–Crippen LogP) is 2.16. The molecule has 0 N–H and O–H groups in total. The lowest BCUT2D eigenvalue weighted by Gasteiger charge is -2.27. The van der Waals surface area contributed by atoms with Crippen molar-refractivity contribution in [3.05, 3.63) is 0 Å². The van der Waals surface area contributed by atoms with Gasteiger partial charge in [0.15, 0.2) is 5.60 Å². The summed E-state index contributed by atoms with van der Waals surface area (Å²) in [7, 11) is 3.07. The van der Waals surface area contributed by atoms with E-state index in [1.807, 2.05) is 34.6 Å². The lowest BCUT2D eigenvalue weighted by molar-refractivity contribution is -0.148. The van der Waals surface area contributed by atoms with Gasteiger partial charge in [-0.3, -0.25) is 0 Å². The summed E-state index contributed by atoms with van der Waals surface area (Å²) >= 11 is 0. The first-order chi connectivity index (χ1) is 7.65. The van der Waals surface area contributed by atoms with E-state index in [-0.39, 0.29) is 17.5 Å². The molecule has 0 saturated carbocycles. The Balaban J connectivity index is 2.91. The fourth-order valence-electron chi connectivity index (χ4n) is 2.76. The maximum atomic E-state index is 11.9. The second-order valence-electron chi connectivity index (χ2n) is 5.86. The average molecular weight is 244 g/mol. The Morgan fingerprint density at radius 1 is 1.35 bits per heavy atom. The summed E-state index contributed by atoms with van der Waals surface area (Å²) < 4.78 is 16.1. The highest BCUT2D eigenvalue weighted by atomic mass is 16.7. The minimum atomic E-state index is -0.822. The standard InChI is InChI=1S/C13H24O4/c1-9(2)13(10(14)15-6)12(5,17-13)8-11(3,4)16-7/h9H,8H2,1-7H3. The van der Waals surface area contributed by atoms with Gasteiger partial charge in [-0.1, -0.05) is 13.8 Å². The predicted molar refractivity (Wildman–Crippen MR) is 64.8 cm³/mol. The second-order valence-corrected chi connectivity index (χ2v) is 5.86. The Morgan fingerprint density at radius 2 is 1.88 bits per heavy atom. The van der Waals surface area contributed by atoms with E-state index >= 15 is 0 Å². The third kappa shape index (κ3) is 2.20. The zero-order valence-corrected chi connectivity index (χ0v) is 11.9. The smallest absolute Gasteiger partial charge is 0.341 e. The number of epoxide rings is 1. The number of carbonyl (C=O) groups excluding carboxylic acids is 1. The van der Waals surface area contributed by atoms with Crippen molar-refractivity contribution in [1.82, 2.24) is 0 Å². The van der Waals surface area contributed by atoms with E-state index in [4.69, 9.17) is 14.2 Å². The van der Waals surface area contributed by atoms with Gasteiger partial charge in [-0.25, -0.2) is 4.79 Å². The van der Waals surface area contributed by atoms with Crippen molar-refractivity contribution in [1.29, 1.82) is 0 Å². The van der Waals surface area contributed by atoms with Crippen LogP contribution >= 0.6 is 0 Å². The molecule has 0 aromatic rings. The van der Waals surface area contributed by atoms with Crippen molar-refractivity contribution in [3.63, 3.8) is 0 Å². The molecule has 1 aliphatic rings. The van der Waals surface area contributed by atoms with Crippen molar-refractivity contribution < 1.29 is 19.0 Å². The molecule has 4 heteroatoms. The van der Waals surface area contributed by atoms with E-state index in [9.17, 15) is 4.79 Å². The molecule has 1 fully saturated rings. The summed E-state index contributed by atoms with van der Waals surface area (Å²) in [4.78, 5) is 11.9. The summed E-state index contributed by atoms with van der Waals surface area (Å²) in [6, 6.07) is 0. The molecule has 1 rings (SSSR count). The van der Waals surface area contributed by atoms with Crippen LogP contribution in [0.3, 0.4) is 0 Å². The summed E-state index contributed by atoms with van der Waals surface area (Å²) in [5.41, 5.74) is -1.65. The van der Waals surface area contributed by atoms with Gasteiger partial charge in [-0.15, -0.1) is 0 Å². The Hall–Kier alpha value is -0.610. The van der Waals surface area contributed by atoms with E-state index in [2.05, 4.69) is 0 Å². The number of methoxy groups -OCH3 is 2. The molecule has 2 unspecified atom stereocenters. The van der Waals surface area contributed by atoms with Crippen molar-refractivity contribution in [3.8, 4) is 0 Å². The average Bonchev–Trinajstić information content (AvgIpc) is 2.83. The zero-order valence-electron chi connectivity index (χ0n) is 11.9. The highest BCUT2D eigenvalue weighted by Crippen LogP contribution is 2.57. The SMILES string of the molecule is COC(=O)C1(C(C)C)OC1(C)CC(C)(C)OC. The molecule has 0 bridgehead atoms. The van der Waals surface area contributed by atoms with E-state index in [0.717, 1.165) is 0 Å². The van der Waals surface area contributed by atoms with Crippen LogP contribution in [0.5, 0.6) is 0 Å². The van der Waals surface area contributed by atoms with Crippen LogP contribution in [0.15, 0.2) is 0 Å². The summed E-state index contributed by atoms with van der Waals surface area (Å²) in [5, 5.41) is 0. The monoisotopic (exact) mass is 244 g/mol. The van der Waals surface area contributed by atoms with Gasteiger partial charge in [0, 0.05) is 13.5 Å². The third-order valence-corrected chi connectivity index (χ3v) is 3.75. The molecule has 17 heavy (non-hydrogen) atoms. The first-order valence-electron chi connectivity index (χ1n) is 5.99. The Morgan fingerprint density at radius 3 is 2.24 bits per heavy atom. The fraction of sp³-hybridized carbons (Fsp3) is 0.923. The Labute approximate surface area is 104 Å². The number of rotatable bonds is 5. The molecule has 0 aromatic carbocycles. The van der Waals surface area contributed by atoms with Crippen LogP contribution in [0.1, 0.15) is 41.0 Å². The van der Waals surface area contributed by atoms with Crippen molar-refractivity contribution in [2.24, 2.45) is 5.92 Å². The van der Waals surface area contributed by atoms with Crippen molar-refractivity contribution >= 4 is 5.97 Å². The molecule has 0 spiro atoms. The lowest BCUT2D eigenvalue weighted by Crippen LogP contribution is -2.42. The molecular formula is C13H24O4. The van der Waals surface area contributed by atoms with Crippen LogP contribution in [0.4, 0.5) is 0 Å². The molecular weight excluding hydrogens is 220 g/mol. The lowest BCUT2D eigenvalue weighted by atomic mass is 9.79. The molecule has 1 aliphatic heterocycles. The van der Waals surface area contributed by atoms with Crippen LogP contribution in [0, 0.1) is 5.92 Å². The first kappa shape index (κ1) is 14.5. The number of esters is 1. The van der Waals surface area contributed by atoms with Crippen LogP contribution < -0.4 is 0 Å². The molecule has 2 atom stereocenters. The van der Waals surface area contributed by atoms with E-state index in [1.165, 1.54) is 7.11 Å². The van der Waals surface area contributed by atoms with Gasteiger partial charge in [-0.2, -0.15) is 0 Å². The highest BCUT2D eigenvalue weighted by Gasteiger charge is 2.75. The molecule has 0 aliphatic carbocycles. The van der Waals surface area contributed by atoms with Crippen molar-refractivity contribution in [2.75, 3.05) is 14.2 Å². The van der Waals surface area contributed by atoms with Crippen LogP contribution in [-0.4, -0.2) is 37.0 Å². The molecule has 100 valence electrons. The van der Waals surface area contributed by atoms with E-state index < -0.39 is 11.2 Å². The van der Waals surface area contributed by atoms with Gasteiger partial charge < -0.3 is 14.2 Å².